The number of pyridine rings is 1. The first kappa shape index (κ1) is 9.84. The van der Waals surface area contributed by atoms with Crippen LogP contribution in [-0.2, 0) is 0 Å². The van der Waals surface area contributed by atoms with Crippen molar-refractivity contribution in [3.05, 3.63) is 58.5 Å². The lowest BCUT2D eigenvalue weighted by Gasteiger charge is -2.00. The molecule has 1 aromatic carbocycles. The largest absolute Gasteiger partial charge is 0.280 e. The first-order valence-electron chi connectivity index (χ1n) is 5.38. The highest BCUT2D eigenvalue weighted by Gasteiger charge is 2.07. The average molecular weight is 225 g/mol. The van der Waals surface area contributed by atoms with Gasteiger partial charge in [-0.3, -0.25) is 9.89 Å². The van der Waals surface area contributed by atoms with Gasteiger partial charge in [0.05, 0.1) is 11.1 Å². The van der Waals surface area contributed by atoms with E-state index in [0.29, 0.717) is 11.0 Å². The zero-order valence-electron chi connectivity index (χ0n) is 9.34. The van der Waals surface area contributed by atoms with Gasteiger partial charge < -0.3 is 0 Å². The van der Waals surface area contributed by atoms with Crippen molar-refractivity contribution in [2.45, 2.75) is 6.92 Å². The average Bonchev–Trinajstić information content (AvgIpc) is 2.69. The standard InChI is InChI=1S/C13H11N3O/c1-9-4-6-10(7-5-9)16-13(17)11-3-2-8-14-12(11)15-16/h2-8H,1H3,(H,14,15). The van der Waals surface area contributed by atoms with E-state index in [2.05, 4.69) is 10.1 Å². The Kier molecular flexibility index (Phi) is 2.08. The summed E-state index contributed by atoms with van der Waals surface area (Å²) in [6.45, 7) is 2.01. The zero-order chi connectivity index (χ0) is 11.8. The molecule has 17 heavy (non-hydrogen) atoms. The summed E-state index contributed by atoms with van der Waals surface area (Å²) >= 11 is 0. The molecule has 0 aliphatic carbocycles. The number of hydrogen-bond donors (Lipinski definition) is 1. The first-order chi connectivity index (χ1) is 8.25. The fourth-order valence-electron chi connectivity index (χ4n) is 1.82. The van der Waals surface area contributed by atoms with Gasteiger partial charge in [-0.2, -0.15) is 0 Å². The van der Waals surface area contributed by atoms with Crippen molar-refractivity contribution >= 4 is 11.0 Å². The molecule has 2 aromatic heterocycles. The SMILES string of the molecule is Cc1ccc(-n2[nH]c3ncccc3c2=O)cc1. The highest BCUT2D eigenvalue weighted by atomic mass is 16.1. The summed E-state index contributed by atoms with van der Waals surface area (Å²) in [6, 6.07) is 11.3. The molecule has 0 atom stereocenters. The van der Waals surface area contributed by atoms with E-state index < -0.39 is 0 Å². The summed E-state index contributed by atoms with van der Waals surface area (Å²) in [5.74, 6) is 0. The molecular formula is C13H11N3O. The van der Waals surface area contributed by atoms with E-state index in [1.54, 1.807) is 18.3 Å². The number of nitrogens with one attached hydrogen (secondary N) is 1. The maximum absolute atomic E-state index is 12.1. The molecule has 0 amide bonds. The number of hydrogen-bond acceptors (Lipinski definition) is 2. The molecule has 4 nitrogen and oxygen atoms in total. The van der Waals surface area contributed by atoms with Gasteiger partial charge in [0.1, 0.15) is 0 Å². The van der Waals surface area contributed by atoms with E-state index in [-0.39, 0.29) is 5.56 Å². The van der Waals surface area contributed by atoms with E-state index >= 15 is 0 Å². The molecule has 0 fully saturated rings. The molecule has 2 heterocycles. The van der Waals surface area contributed by atoms with Crippen LogP contribution in [0.25, 0.3) is 16.7 Å². The number of aromatic nitrogens is 3. The van der Waals surface area contributed by atoms with Gasteiger partial charge in [-0.05, 0) is 31.2 Å². The normalized spacial score (nSPS) is 10.9. The fraction of sp³-hybridized carbons (Fsp3) is 0.0769. The summed E-state index contributed by atoms with van der Waals surface area (Å²) in [7, 11) is 0. The molecule has 0 bridgehead atoms. The van der Waals surface area contributed by atoms with Gasteiger partial charge in [0.15, 0.2) is 5.65 Å². The molecule has 3 rings (SSSR count). The summed E-state index contributed by atoms with van der Waals surface area (Å²) in [4.78, 5) is 16.2. The Morgan fingerprint density at radius 3 is 2.65 bits per heavy atom. The number of fused-ring (bicyclic) bond motifs is 1. The van der Waals surface area contributed by atoms with Crippen molar-refractivity contribution in [1.29, 1.82) is 0 Å². The van der Waals surface area contributed by atoms with Crippen LogP contribution in [0.15, 0.2) is 47.4 Å². The third kappa shape index (κ3) is 1.54. The Hall–Kier alpha value is -2.36. The second-order valence-corrected chi connectivity index (χ2v) is 3.99. The zero-order valence-corrected chi connectivity index (χ0v) is 9.34. The number of benzene rings is 1. The Balaban J connectivity index is 2.27. The van der Waals surface area contributed by atoms with Gasteiger partial charge in [-0.1, -0.05) is 17.7 Å². The lowest BCUT2D eigenvalue weighted by molar-refractivity contribution is 0.858. The predicted octanol–water partition coefficient (Wildman–Crippen LogP) is 2.02. The van der Waals surface area contributed by atoms with Gasteiger partial charge in [0, 0.05) is 6.20 Å². The molecule has 1 N–H and O–H groups in total. The summed E-state index contributed by atoms with van der Waals surface area (Å²) in [6.07, 6.45) is 1.66. The molecule has 0 aliphatic heterocycles. The Morgan fingerprint density at radius 2 is 1.94 bits per heavy atom. The van der Waals surface area contributed by atoms with Crippen LogP contribution in [-0.4, -0.2) is 14.8 Å². The quantitative estimate of drug-likeness (QED) is 0.688. The second kappa shape index (κ2) is 3.59. The van der Waals surface area contributed by atoms with Crippen LogP contribution in [0.3, 0.4) is 0 Å². The molecule has 4 heteroatoms. The predicted molar refractivity (Wildman–Crippen MR) is 66.4 cm³/mol. The first-order valence-corrected chi connectivity index (χ1v) is 5.38. The topological polar surface area (TPSA) is 50.7 Å². The van der Waals surface area contributed by atoms with Crippen molar-refractivity contribution in [3.8, 4) is 5.69 Å². The number of nitrogens with zero attached hydrogens (tertiary/aromatic N) is 2. The molecule has 0 radical (unpaired) electrons. The Bertz CT molecular complexity index is 722. The molecule has 84 valence electrons. The molecule has 0 saturated heterocycles. The monoisotopic (exact) mass is 225 g/mol. The van der Waals surface area contributed by atoms with Crippen molar-refractivity contribution < 1.29 is 0 Å². The van der Waals surface area contributed by atoms with E-state index in [1.807, 2.05) is 31.2 Å². The van der Waals surface area contributed by atoms with Gasteiger partial charge in [-0.15, -0.1) is 0 Å². The van der Waals surface area contributed by atoms with Gasteiger partial charge in [0.2, 0.25) is 0 Å². The van der Waals surface area contributed by atoms with Crippen LogP contribution in [0.4, 0.5) is 0 Å². The Morgan fingerprint density at radius 1 is 1.18 bits per heavy atom. The third-order valence-electron chi connectivity index (χ3n) is 2.75. The van der Waals surface area contributed by atoms with E-state index in [9.17, 15) is 4.79 Å². The minimum atomic E-state index is -0.0723. The van der Waals surface area contributed by atoms with E-state index in [4.69, 9.17) is 0 Å². The minimum Gasteiger partial charge on any atom is -0.274 e. The second-order valence-electron chi connectivity index (χ2n) is 3.99. The fourth-order valence-corrected chi connectivity index (χ4v) is 1.82. The van der Waals surface area contributed by atoms with E-state index in [1.165, 1.54) is 4.68 Å². The highest BCUT2D eigenvalue weighted by Crippen LogP contribution is 2.09. The third-order valence-corrected chi connectivity index (χ3v) is 2.75. The van der Waals surface area contributed by atoms with Crippen molar-refractivity contribution in [2.75, 3.05) is 0 Å². The maximum atomic E-state index is 12.1. The van der Waals surface area contributed by atoms with Gasteiger partial charge >= 0.3 is 0 Å². The number of aryl methyl sites for hydroxylation is 1. The smallest absolute Gasteiger partial charge is 0.274 e. The van der Waals surface area contributed by atoms with Crippen LogP contribution in [0.2, 0.25) is 0 Å². The van der Waals surface area contributed by atoms with Crippen LogP contribution in [0, 0.1) is 6.92 Å². The molecule has 0 spiro atoms. The lowest BCUT2D eigenvalue weighted by Crippen LogP contribution is -2.13. The number of H-pyrrole nitrogens is 1. The molecule has 0 unspecified atom stereocenters. The molecular weight excluding hydrogens is 214 g/mol. The minimum absolute atomic E-state index is 0.0723. The van der Waals surface area contributed by atoms with Crippen molar-refractivity contribution in [3.63, 3.8) is 0 Å². The molecule has 0 aliphatic rings. The summed E-state index contributed by atoms with van der Waals surface area (Å²) < 4.78 is 1.51. The van der Waals surface area contributed by atoms with Crippen LogP contribution in [0.1, 0.15) is 5.56 Å². The Labute approximate surface area is 97.5 Å². The number of aromatic amines is 1. The van der Waals surface area contributed by atoms with Gasteiger partial charge in [-0.25, -0.2) is 9.67 Å². The van der Waals surface area contributed by atoms with Crippen LogP contribution in [0.5, 0.6) is 0 Å². The van der Waals surface area contributed by atoms with E-state index in [0.717, 1.165) is 11.3 Å². The number of rotatable bonds is 1. The van der Waals surface area contributed by atoms with Gasteiger partial charge in [0.25, 0.3) is 5.56 Å². The molecule has 3 aromatic rings. The summed E-state index contributed by atoms with van der Waals surface area (Å²) in [5, 5.41) is 3.60. The highest BCUT2D eigenvalue weighted by molar-refractivity contribution is 5.73. The van der Waals surface area contributed by atoms with Crippen molar-refractivity contribution in [1.82, 2.24) is 14.8 Å². The van der Waals surface area contributed by atoms with Crippen molar-refractivity contribution in [2.24, 2.45) is 0 Å². The lowest BCUT2D eigenvalue weighted by atomic mass is 10.2. The molecule has 0 saturated carbocycles. The van der Waals surface area contributed by atoms with Crippen LogP contribution < -0.4 is 5.56 Å². The summed E-state index contributed by atoms with van der Waals surface area (Å²) in [5.41, 5.74) is 2.52. The maximum Gasteiger partial charge on any atom is 0.280 e. The van der Waals surface area contributed by atoms with Crippen LogP contribution >= 0.6 is 0 Å².